The van der Waals surface area contributed by atoms with Gasteiger partial charge in [-0.2, -0.15) is 0 Å². The van der Waals surface area contributed by atoms with Gasteiger partial charge in [-0.15, -0.1) is 0 Å². The zero-order valence-corrected chi connectivity index (χ0v) is 24.3. The van der Waals surface area contributed by atoms with E-state index < -0.39 is 28.5 Å². The minimum atomic E-state index is -3.86. The van der Waals surface area contributed by atoms with E-state index in [1.54, 1.807) is 56.3 Å². The van der Waals surface area contributed by atoms with Gasteiger partial charge in [-0.3, -0.25) is 13.9 Å². The second-order valence-electron chi connectivity index (χ2n) is 8.87. The van der Waals surface area contributed by atoms with Gasteiger partial charge in [-0.25, -0.2) is 8.42 Å². The largest absolute Gasteiger partial charge is 0.489 e. The zero-order valence-electron chi connectivity index (χ0n) is 21.9. The molecule has 3 aromatic carbocycles. The van der Waals surface area contributed by atoms with Crippen LogP contribution in [0.1, 0.15) is 25.0 Å². The maximum absolute atomic E-state index is 13.6. The quantitative estimate of drug-likeness (QED) is 0.323. The Morgan fingerprint density at radius 3 is 2.26 bits per heavy atom. The Kier molecular flexibility index (Phi) is 10.6. The molecule has 8 nitrogen and oxygen atoms in total. The van der Waals surface area contributed by atoms with E-state index in [-0.39, 0.29) is 18.1 Å². The molecule has 0 aliphatic heterocycles. The molecule has 3 rings (SSSR count). The Bertz CT molecular complexity index is 1390. The third-order valence-corrected chi connectivity index (χ3v) is 7.65. The van der Waals surface area contributed by atoms with Crippen molar-refractivity contribution in [1.82, 2.24) is 10.2 Å². The van der Waals surface area contributed by atoms with Crippen molar-refractivity contribution < 1.29 is 22.7 Å². The lowest BCUT2D eigenvalue weighted by Gasteiger charge is -2.31. The SMILES string of the molecule is CCNC(=O)C(C)N(Cc1ccc(Cl)cc1Cl)C(=O)CN(c1ccc(OCc2ccccc2)cc1)S(C)(=O)=O. The van der Waals surface area contributed by atoms with Crippen LogP contribution in [0.4, 0.5) is 5.69 Å². The normalized spacial score (nSPS) is 11.9. The van der Waals surface area contributed by atoms with Crippen molar-refractivity contribution in [3.63, 3.8) is 0 Å². The number of hydrogen-bond acceptors (Lipinski definition) is 5. The summed E-state index contributed by atoms with van der Waals surface area (Å²) in [5.41, 5.74) is 1.84. The number of rotatable bonds is 12. The zero-order chi connectivity index (χ0) is 28.6. The predicted octanol–water partition coefficient (Wildman–Crippen LogP) is 4.89. The summed E-state index contributed by atoms with van der Waals surface area (Å²) in [6.45, 7) is 3.55. The first-order valence-electron chi connectivity index (χ1n) is 12.2. The summed E-state index contributed by atoms with van der Waals surface area (Å²) in [6.07, 6.45) is 1.02. The fourth-order valence-electron chi connectivity index (χ4n) is 3.80. The van der Waals surface area contributed by atoms with Gasteiger partial charge in [0.15, 0.2) is 0 Å². The van der Waals surface area contributed by atoms with E-state index in [2.05, 4.69) is 5.32 Å². The summed E-state index contributed by atoms with van der Waals surface area (Å²) >= 11 is 12.3. The Morgan fingerprint density at radius 2 is 1.67 bits per heavy atom. The Balaban J connectivity index is 1.83. The molecule has 1 N–H and O–H groups in total. The van der Waals surface area contributed by atoms with Crippen molar-refractivity contribution in [3.05, 3.63) is 94.0 Å². The first kappa shape index (κ1) is 30.3. The van der Waals surface area contributed by atoms with E-state index in [0.717, 1.165) is 16.1 Å². The molecule has 0 saturated heterocycles. The van der Waals surface area contributed by atoms with Crippen LogP contribution in [-0.4, -0.2) is 50.5 Å². The number of nitrogens with one attached hydrogen (secondary N) is 1. The number of amides is 2. The van der Waals surface area contributed by atoms with Gasteiger partial charge in [-0.05, 0) is 61.4 Å². The number of anilines is 1. The first-order valence-corrected chi connectivity index (χ1v) is 14.9. The summed E-state index contributed by atoms with van der Waals surface area (Å²) < 4.78 is 32.3. The van der Waals surface area contributed by atoms with Crippen LogP contribution in [-0.2, 0) is 32.8 Å². The summed E-state index contributed by atoms with van der Waals surface area (Å²) in [7, 11) is -3.86. The molecule has 1 unspecified atom stereocenters. The lowest BCUT2D eigenvalue weighted by Crippen LogP contribution is -2.51. The van der Waals surface area contributed by atoms with Crippen LogP contribution < -0.4 is 14.4 Å². The Morgan fingerprint density at radius 1 is 1.00 bits per heavy atom. The van der Waals surface area contributed by atoms with Crippen molar-refractivity contribution in [2.45, 2.75) is 33.0 Å². The van der Waals surface area contributed by atoms with Gasteiger partial charge in [0.1, 0.15) is 24.9 Å². The number of carbonyl (C=O) groups is 2. The number of nitrogens with zero attached hydrogens (tertiary/aromatic N) is 2. The van der Waals surface area contributed by atoms with Gasteiger partial charge in [0, 0.05) is 23.1 Å². The molecule has 11 heteroatoms. The molecule has 0 spiro atoms. The molecular weight excluding hydrogens is 561 g/mol. The number of carbonyl (C=O) groups excluding carboxylic acids is 2. The van der Waals surface area contributed by atoms with E-state index in [1.807, 2.05) is 30.3 Å². The number of ether oxygens (including phenoxy) is 1. The average Bonchev–Trinajstić information content (AvgIpc) is 2.90. The number of sulfonamides is 1. The molecule has 0 aliphatic carbocycles. The molecule has 0 aromatic heterocycles. The third kappa shape index (κ3) is 8.61. The van der Waals surface area contributed by atoms with Crippen molar-refractivity contribution in [2.24, 2.45) is 0 Å². The molecule has 0 heterocycles. The summed E-state index contributed by atoms with van der Waals surface area (Å²) in [5.74, 6) is -0.400. The van der Waals surface area contributed by atoms with Crippen LogP contribution in [0.15, 0.2) is 72.8 Å². The molecule has 0 bridgehead atoms. The van der Waals surface area contributed by atoms with Crippen LogP contribution in [0.3, 0.4) is 0 Å². The highest BCUT2D eigenvalue weighted by atomic mass is 35.5. The van der Waals surface area contributed by atoms with Gasteiger partial charge in [-0.1, -0.05) is 59.6 Å². The minimum absolute atomic E-state index is 0.0169. The maximum atomic E-state index is 13.6. The van der Waals surface area contributed by atoms with Gasteiger partial charge >= 0.3 is 0 Å². The Labute approximate surface area is 239 Å². The molecule has 208 valence electrons. The highest BCUT2D eigenvalue weighted by Crippen LogP contribution is 2.25. The van der Waals surface area contributed by atoms with Crippen LogP contribution in [0.25, 0.3) is 0 Å². The molecule has 39 heavy (non-hydrogen) atoms. The van der Waals surface area contributed by atoms with Gasteiger partial charge < -0.3 is 15.0 Å². The summed E-state index contributed by atoms with van der Waals surface area (Å²) in [5, 5.41) is 3.46. The highest BCUT2D eigenvalue weighted by molar-refractivity contribution is 7.92. The van der Waals surface area contributed by atoms with Crippen molar-refractivity contribution in [1.29, 1.82) is 0 Å². The second kappa shape index (κ2) is 13.7. The van der Waals surface area contributed by atoms with Gasteiger partial charge in [0.05, 0.1) is 11.9 Å². The first-order chi connectivity index (χ1) is 18.5. The van der Waals surface area contributed by atoms with Crippen molar-refractivity contribution in [2.75, 3.05) is 23.7 Å². The lowest BCUT2D eigenvalue weighted by molar-refractivity contribution is -0.139. The lowest BCUT2D eigenvalue weighted by atomic mass is 10.1. The topological polar surface area (TPSA) is 96.0 Å². The smallest absolute Gasteiger partial charge is 0.244 e. The number of likely N-dealkylation sites (N-methyl/N-ethyl adjacent to an activating group) is 1. The number of halogens is 2. The molecule has 2 amide bonds. The van der Waals surface area contributed by atoms with Crippen LogP contribution >= 0.6 is 23.2 Å². The standard InChI is InChI=1S/C28H31Cl2N3O5S/c1-4-31-28(35)20(2)32(17-22-10-11-23(29)16-26(22)30)27(34)18-33(39(3,36)37)24-12-14-25(15-13-24)38-19-21-8-6-5-7-9-21/h5-16,20H,4,17-19H2,1-3H3,(H,31,35). The van der Waals surface area contributed by atoms with Crippen molar-refractivity contribution >= 4 is 50.7 Å². The number of benzene rings is 3. The molecule has 0 saturated carbocycles. The second-order valence-corrected chi connectivity index (χ2v) is 11.6. The molecule has 0 aliphatic rings. The molecule has 1 atom stereocenters. The molecule has 0 radical (unpaired) electrons. The van der Waals surface area contributed by atoms with Crippen LogP contribution in [0, 0.1) is 0 Å². The van der Waals surface area contributed by atoms with E-state index in [4.69, 9.17) is 27.9 Å². The highest BCUT2D eigenvalue weighted by Gasteiger charge is 2.30. The molecular formula is C28H31Cl2N3O5S. The van der Waals surface area contributed by atoms with Crippen LogP contribution in [0.5, 0.6) is 5.75 Å². The fourth-order valence-corrected chi connectivity index (χ4v) is 5.12. The number of hydrogen-bond donors (Lipinski definition) is 1. The molecule has 3 aromatic rings. The summed E-state index contributed by atoms with van der Waals surface area (Å²) in [6, 6.07) is 20.0. The van der Waals surface area contributed by atoms with Crippen molar-refractivity contribution in [3.8, 4) is 5.75 Å². The average molecular weight is 593 g/mol. The fraction of sp³-hybridized carbons (Fsp3) is 0.286. The van der Waals surface area contributed by atoms with E-state index in [9.17, 15) is 18.0 Å². The summed E-state index contributed by atoms with van der Waals surface area (Å²) in [4.78, 5) is 27.5. The Hall–Kier alpha value is -3.27. The van der Waals surface area contributed by atoms with Crippen LogP contribution in [0.2, 0.25) is 10.0 Å². The van der Waals surface area contributed by atoms with Gasteiger partial charge in [0.25, 0.3) is 0 Å². The predicted molar refractivity (Wildman–Crippen MR) is 155 cm³/mol. The van der Waals surface area contributed by atoms with E-state index in [0.29, 0.717) is 34.5 Å². The monoisotopic (exact) mass is 591 g/mol. The maximum Gasteiger partial charge on any atom is 0.244 e. The van der Waals surface area contributed by atoms with Gasteiger partial charge in [0.2, 0.25) is 21.8 Å². The third-order valence-electron chi connectivity index (χ3n) is 5.93. The minimum Gasteiger partial charge on any atom is -0.489 e. The van der Waals surface area contributed by atoms with E-state index >= 15 is 0 Å². The molecule has 0 fully saturated rings. The van der Waals surface area contributed by atoms with E-state index in [1.165, 1.54) is 4.90 Å².